The van der Waals surface area contributed by atoms with Gasteiger partial charge in [0.15, 0.2) is 7.05 Å². The predicted molar refractivity (Wildman–Crippen MR) is 76.0 cm³/mol. The molecule has 1 aromatic carbocycles. The molecule has 0 saturated heterocycles. The monoisotopic (exact) mass is 314 g/mol. The van der Waals surface area contributed by atoms with Crippen LogP contribution in [0.4, 0.5) is 5.69 Å². The van der Waals surface area contributed by atoms with Gasteiger partial charge >= 0.3 is 10.7 Å². The number of hydrogen-bond donors (Lipinski definition) is 2. The van der Waals surface area contributed by atoms with Crippen LogP contribution in [0.2, 0.25) is 5.02 Å². The van der Waals surface area contributed by atoms with Gasteiger partial charge in [-0.15, -0.1) is 0 Å². The van der Waals surface area contributed by atoms with Crippen LogP contribution in [0.3, 0.4) is 0 Å². The van der Waals surface area contributed by atoms with E-state index >= 15 is 0 Å². The summed E-state index contributed by atoms with van der Waals surface area (Å²) >= 11 is 7.07. The lowest BCUT2D eigenvalue weighted by Crippen LogP contribution is -2.34. The van der Waals surface area contributed by atoms with Gasteiger partial charge in [0, 0.05) is 10.7 Å². The van der Waals surface area contributed by atoms with E-state index in [2.05, 4.69) is 15.1 Å². The standard InChI is InChI=1S/C12H12ClN3O3S/c1-7-3-4-8(5-9(7)13)14-10(17)6-20-11-12(18)19-15-16(11)2/h3-5H,6H2,1-2H3,(H-,14,15,17,18)/p+1. The summed E-state index contributed by atoms with van der Waals surface area (Å²) in [6, 6.07) is 5.28. The van der Waals surface area contributed by atoms with Crippen LogP contribution in [0.15, 0.2) is 32.5 Å². The quantitative estimate of drug-likeness (QED) is 0.662. The summed E-state index contributed by atoms with van der Waals surface area (Å²) in [7, 11) is 1.63. The van der Waals surface area contributed by atoms with E-state index in [1.54, 1.807) is 19.2 Å². The Morgan fingerprint density at radius 2 is 2.30 bits per heavy atom. The number of H-pyrrole nitrogens is 1. The zero-order chi connectivity index (χ0) is 14.7. The minimum absolute atomic E-state index is 0.0992. The number of aromatic amines is 1. The number of carbonyl (C=O) groups is 1. The number of aromatic nitrogens is 2. The second-order valence-electron chi connectivity index (χ2n) is 4.15. The van der Waals surface area contributed by atoms with Crippen molar-refractivity contribution >= 4 is 35.0 Å². The van der Waals surface area contributed by atoms with Crippen molar-refractivity contribution < 1.29 is 14.0 Å². The number of halogens is 1. The van der Waals surface area contributed by atoms with Gasteiger partial charge in [-0.3, -0.25) is 9.32 Å². The van der Waals surface area contributed by atoms with Crippen LogP contribution in [0.25, 0.3) is 0 Å². The summed E-state index contributed by atoms with van der Waals surface area (Å²) in [4.78, 5) is 23.1. The van der Waals surface area contributed by atoms with Crippen molar-refractivity contribution in [2.75, 3.05) is 11.1 Å². The van der Waals surface area contributed by atoms with Gasteiger partial charge in [-0.2, -0.15) is 0 Å². The third kappa shape index (κ3) is 3.43. The zero-order valence-corrected chi connectivity index (χ0v) is 12.5. The molecule has 2 aromatic rings. The Morgan fingerprint density at radius 3 is 2.90 bits per heavy atom. The minimum Gasteiger partial charge on any atom is -0.325 e. The molecule has 0 spiro atoms. The SMILES string of the molecule is Cc1ccc(NC(=O)CSc2c(=O)o[nH][n+]2C)cc1Cl. The molecule has 0 aliphatic heterocycles. The molecule has 0 fully saturated rings. The fraction of sp³-hybridized carbons (Fsp3) is 0.250. The third-order valence-corrected chi connectivity index (χ3v) is 4.08. The molecule has 106 valence electrons. The molecule has 0 aliphatic carbocycles. The Hall–Kier alpha value is -1.73. The summed E-state index contributed by atoms with van der Waals surface area (Å²) in [5.41, 5.74) is 1.07. The van der Waals surface area contributed by atoms with E-state index in [1.165, 1.54) is 4.68 Å². The van der Waals surface area contributed by atoms with Gasteiger partial charge in [0.25, 0.3) is 0 Å². The smallest absolute Gasteiger partial charge is 0.325 e. The summed E-state index contributed by atoms with van der Waals surface area (Å²) in [6.07, 6.45) is 0. The molecule has 6 nitrogen and oxygen atoms in total. The number of rotatable bonds is 4. The van der Waals surface area contributed by atoms with Gasteiger partial charge in [-0.25, -0.2) is 4.79 Å². The molecule has 0 atom stereocenters. The lowest BCUT2D eigenvalue weighted by Gasteiger charge is -2.05. The summed E-state index contributed by atoms with van der Waals surface area (Å²) < 4.78 is 6.01. The number of benzene rings is 1. The third-order valence-electron chi connectivity index (χ3n) is 2.55. The van der Waals surface area contributed by atoms with Crippen LogP contribution in [-0.4, -0.2) is 16.9 Å². The number of nitrogens with zero attached hydrogens (tertiary/aromatic N) is 1. The predicted octanol–water partition coefficient (Wildman–Crippen LogP) is 1.49. The number of aryl methyl sites for hydroxylation is 2. The Bertz CT molecular complexity index is 695. The summed E-state index contributed by atoms with van der Waals surface area (Å²) in [6.45, 7) is 1.88. The van der Waals surface area contributed by atoms with Gasteiger partial charge in [0.2, 0.25) is 5.91 Å². The van der Waals surface area contributed by atoms with Crippen LogP contribution in [0.5, 0.6) is 0 Å². The number of thioether (sulfide) groups is 1. The van der Waals surface area contributed by atoms with E-state index in [1.807, 2.05) is 13.0 Å². The number of hydrogen-bond acceptors (Lipinski definition) is 4. The average molecular weight is 315 g/mol. The highest BCUT2D eigenvalue weighted by Gasteiger charge is 2.19. The van der Waals surface area contributed by atoms with Crippen LogP contribution >= 0.6 is 23.4 Å². The second kappa shape index (κ2) is 6.15. The molecule has 1 amide bonds. The normalized spacial score (nSPS) is 10.6. The highest BCUT2D eigenvalue weighted by Crippen LogP contribution is 2.20. The molecule has 0 aliphatic rings. The molecule has 0 unspecified atom stereocenters. The number of anilines is 1. The second-order valence-corrected chi connectivity index (χ2v) is 5.52. The number of carbonyl (C=O) groups excluding carboxylic acids is 1. The first-order valence-electron chi connectivity index (χ1n) is 5.73. The van der Waals surface area contributed by atoms with Gasteiger partial charge in [0.1, 0.15) is 0 Å². The molecule has 8 heteroatoms. The average Bonchev–Trinajstić information content (AvgIpc) is 2.71. The Morgan fingerprint density at radius 1 is 1.55 bits per heavy atom. The maximum absolute atomic E-state index is 11.8. The maximum Gasteiger partial charge on any atom is 0.441 e. The van der Waals surface area contributed by atoms with E-state index in [4.69, 9.17) is 11.6 Å². The van der Waals surface area contributed by atoms with Crippen molar-refractivity contribution in [1.29, 1.82) is 0 Å². The van der Waals surface area contributed by atoms with Gasteiger partial charge in [0.05, 0.1) is 5.75 Å². The molecule has 0 saturated carbocycles. The molecular weight excluding hydrogens is 302 g/mol. The van der Waals surface area contributed by atoms with Gasteiger partial charge in [-0.05, 0) is 41.7 Å². The molecule has 0 radical (unpaired) electrons. The summed E-state index contributed by atoms with van der Waals surface area (Å²) in [5, 5.41) is 6.02. The van der Waals surface area contributed by atoms with Crippen LogP contribution in [0, 0.1) is 6.92 Å². The van der Waals surface area contributed by atoms with Crippen molar-refractivity contribution in [2.45, 2.75) is 11.9 Å². The maximum atomic E-state index is 11.8. The lowest BCUT2D eigenvalue weighted by molar-refractivity contribution is -0.772. The molecule has 1 heterocycles. The van der Waals surface area contributed by atoms with Crippen molar-refractivity contribution in [3.8, 4) is 0 Å². The Labute approximate surface area is 124 Å². The van der Waals surface area contributed by atoms with E-state index in [-0.39, 0.29) is 11.7 Å². The molecular formula is C12H13ClN3O3S+. The van der Waals surface area contributed by atoms with Crippen LogP contribution in [-0.2, 0) is 11.8 Å². The Kier molecular flexibility index (Phi) is 4.51. The van der Waals surface area contributed by atoms with E-state index in [0.717, 1.165) is 17.3 Å². The van der Waals surface area contributed by atoms with Gasteiger partial charge < -0.3 is 5.32 Å². The molecule has 1 aromatic heterocycles. The topological polar surface area (TPSA) is 79.0 Å². The van der Waals surface area contributed by atoms with Crippen LogP contribution < -0.4 is 15.6 Å². The first-order chi connectivity index (χ1) is 9.47. The molecule has 2 rings (SSSR count). The summed E-state index contributed by atoms with van der Waals surface area (Å²) in [5.74, 6) is -0.127. The Balaban J connectivity index is 1.96. The fourth-order valence-electron chi connectivity index (χ4n) is 1.49. The lowest BCUT2D eigenvalue weighted by atomic mass is 10.2. The van der Waals surface area contributed by atoms with E-state index in [0.29, 0.717) is 15.7 Å². The first-order valence-corrected chi connectivity index (χ1v) is 7.10. The minimum atomic E-state index is -0.497. The molecule has 20 heavy (non-hydrogen) atoms. The zero-order valence-electron chi connectivity index (χ0n) is 10.9. The largest absolute Gasteiger partial charge is 0.441 e. The first kappa shape index (κ1) is 14.7. The van der Waals surface area contributed by atoms with E-state index in [9.17, 15) is 9.59 Å². The number of nitrogens with one attached hydrogen (secondary N) is 2. The van der Waals surface area contributed by atoms with E-state index < -0.39 is 5.63 Å². The van der Waals surface area contributed by atoms with Crippen molar-refractivity contribution in [1.82, 2.24) is 5.27 Å². The highest BCUT2D eigenvalue weighted by molar-refractivity contribution is 7.99. The van der Waals surface area contributed by atoms with Crippen LogP contribution in [0.1, 0.15) is 5.56 Å². The van der Waals surface area contributed by atoms with Gasteiger partial charge in [-0.1, -0.05) is 22.3 Å². The van der Waals surface area contributed by atoms with Crippen molar-refractivity contribution in [3.05, 3.63) is 39.2 Å². The fourth-order valence-corrected chi connectivity index (χ4v) is 2.40. The molecule has 0 bridgehead atoms. The number of amides is 1. The molecule has 2 N–H and O–H groups in total. The van der Waals surface area contributed by atoms with Crippen molar-refractivity contribution in [2.24, 2.45) is 7.05 Å². The highest BCUT2D eigenvalue weighted by atomic mass is 35.5. The van der Waals surface area contributed by atoms with Crippen molar-refractivity contribution in [3.63, 3.8) is 0 Å².